The Kier molecular flexibility index (Phi) is 6.47. The molecular weight excluding hydrogens is 307 g/mol. The molecule has 0 amide bonds. The summed E-state index contributed by atoms with van der Waals surface area (Å²) in [6.07, 6.45) is -1.45. The van der Waals surface area contributed by atoms with Crippen LogP contribution in [0.4, 0.5) is 13.2 Å². The van der Waals surface area contributed by atoms with Crippen LogP contribution in [0.2, 0.25) is 0 Å². The molecule has 0 radical (unpaired) electrons. The maximum Gasteiger partial charge on any atom is 0.573 e. The number of unbranched alkanes of at least 4 members (excludes halogenated alkanes) is 3. The second-order valence-corrected chi connectivity index (χ2v) is 6.19. The summed E-state index contributed by atoms with van der Waals surface area (Å²) in [6, 6.07) is 4.67. The topological polar surface area (TPSA) is 55.4 Å². The van der Waals surface area contributed by atoms with E-state index >= 15 is 0 Å². The monoisotopic (exact) mass is 325 g/mol. The van der Waals surface area contributed by atoms with Crippen LogP contribution >= 0.6 is 0 Å². The summed E-state index contributed by atoms with van der Waals surface area (Å²) in [7, 11) is -4.03. The molecule has 0 heterocycles. The third-order valence-electron chi connectivity index (χ3n) is 2.69. The predicted octanol–water partition coefficient (Wildman–Crippen LogP) is 3.44. The molecular formula is C13H18F3NO3S. The first-order valence-electron chi connectivity index (χ1n) is 6.60. The highest BCUT2D eigenvalue weighted by Crippen LogP contribution is 2.29. The van der Waals surface area contributed by atoms with E-state index in [1.807, 2.05) is 6.92 Å². The Bertz CT molecular complexity index is 544. The van der Waals surface area contributed by atoms with Crippen molar-refractivity contribution < 1.29 is 26.3 Å². The van der Waals surface area contributed by atoms with Gasteiger partial charge in [0.1, 0.15) is 10.6 Å². The average Bonchev–Trinajstić information content (AvgIpc) is 2.37. The second-order valence-electron chi connectivity index (χ2n) is 4.45. The van der Waals surface area contributed by atoms with Crippen molar-refractivity contribution in [2.75, 3.05) is 6.54 Å². The largest absolute Gasteiger partial charge is 0.573 e. The molecule has 8 heteroatoms. The fourth-order valence-electron chi connectivity index (χ4n) is 1.72. The summed E-state index contributed by atoms with van der Waals surface area (Å²) in [5.41, 5.74) is 0. The van der Waals surface area contributed by atoms with E-state index in [1.165, 1.54) is 12.1 Å². The average molecular weight is 325 g/mol. The Hall–Kier alpha value is -1.28. The van der Waals surface area contributed by atoms with Crippen LogP contribution in [0.1, 0.15) is 32.6 Å². The summed E-state index contributed by atoms with van der Waals surface area (Å²) in [6.45, 7) is 2.21. The van der Waals surface area contributed by atoms with E-state index in [-0.39, 0.29) is 6.54 Å². The molecule has 0 aromatic heterocycles. The molecule has 0 aliphatic rings. The molecule has 0 unspecified atom stereocenters. The lowest BCUT2D eigenvalue weighted by atomic mass is 10.2. The van der Waals surface area contributed by atoms with E-state index in [0.29, 0.717) is 6.42 Å². The third-order valence-corrected chi connectivity index (χ3v) is 4.19. The minimum atomic E-state index is -4.94. The van der Waals surface area contributed by atoms with Crippen molar-refractivity contribution in [3.63, 3.8) is 0 Å². The van der Waals surface area contributed by atoms with Gasteiger partial charge in [-0.1, -0.05) is 38.3 Å². The number of ether oxygens (including phenoxy) is 1. The highest BCUT2D eigenvalue weighted by atomic mass is 32.2. The zero-order chi connectivity index (χ0) is 15.9. The summed E-state index contributed by atoms with van der Waals surface area (Å²) in [5, 5.41) is 0. The number of rotatable bonds is 8. The van der Waals surface area contributed by atoms with Crippen LogP contribution in [0.5, 0.6) is 5.75 Å². The molecule has 0 aliphatic carbocycles. The molecule has 1 rings (SSSR count). The van der Waals surface area contributed by atoms with Gasteiger partial charge >= 0.3 is 6.36 Å². The van der Waals surface area contributed by atoms with Crippen molar-refractivity contribution in [3.05, 3.63) is 24.3 Å². The number of alkyl halides is 3. The van der Waals surface area contributed by atoms with E-state index in [9.17, 15) is 21.6 Å². The van der Waals surface area contributed by atoms with E-state index in [4.69, 9.17) is 0 Å². The fourth-order valence-corrected chi connectivity index (χ4v) is 2.92. The van der Waals surface area contributed by atoms with Gasteiger partial charge in [0.15, 0.2) is 0 Å². The first kappa shape index (κ1) is 17.8. The van der Waals surface area contributed by atoms with Gasteiger partial charge in [-0.25, -0.2) is 13.1 Å². The van der Waals surface area contributed by atoms with Crippen molar-refractivity contribution in [3.8, 4) is 5.75 Å². The Balaban J connectivity index is 2.78. The predicted molar refractivity (Wildman–Crippen MR) is 72.5 cm³/mol. The molecule has 0 saturated carbocycles. The quantitative estimate of drug-likeness (QED) is 0.745. The van der Waals surface area contributed by atoms with Crippen LogP contribution in [-0.4, -0.2) is 21.3 Å². The number of hydrogen-bond donors (Lipinski definition) is 1. The van der Waals surface area contributed by atoms with Crippen LogP contribution in [0, 0.1) is 0 Å². The van der Waals surface area contributed by atoms with Crippen molar-refractivity contribution in [1.82, 2.24) is 4.72 Å². The molecule has 0 saturated heterocycles. The van der Waals surface area contributed by atoms with Crippen LogP contribution in [0.3, 0.4) is 0 Å². The molecule has 0 atom stereocenters. The molecule has 0 spiro atoms. The van der Waals surface area contributed by atoms with Gasteiger partial charge in [0.05, 0.1) is 0 Å². The number of para-hydroxylation sites is 1. The molecule has 4 nitrogen and oxygen atoms in total. The van der Waals surface area contributed by atoms with Gasteiger partial charge in [-0.15, -0.1) is 13.2 Å². The van der Waals surface area contributed by atoms with E-state index in [2.05, 4.69) is 9.46 Å². The summed E-state index contributed by atoms with van der Waals surface area (Å²) >= 11 is 0. The minimum Gasteiger partial charge on any atom is -0.404 e. The van der Waals surface area contributed by atoms with Gasteiger partial charge in [-0.3, -0.25) is 0 Å². The maximum atomic E-state index is 12.3. The normalized spacial score (nSPS) is 12.4. The van der Waals surface area contributed by atoms with Gasteiger partial charge in [0.2, 0.25) is 10.0 Å². The smallest absolute Gasteiger partial charge is 0.404 e. The second kappa shape index (κ2) is 7.65. The van der Waals surface area contributed by atoms with E-state index in [1.54, 1.807) is 0 Å². The number of sulfonamides is 1. The van der Waals surface area contributed by atoms with Crippen LogP contribution in [0.25, 0.3) is 0 Å². The van der Waals surface area contributed by atoms with Gasteiger partial charge in [-0.2, -0.15) is 0 Å². The third kappa shape index (κ3) is 6.34. The zero-order valence-electron chi connectivity index (χ0n) is 11.6. The highest BCUT2D eigenvalue weighted by Gasteiger charge is 2.33. The van der Waals surface area contributed by atoms with Crippen molar-refractivity contribution in [2.45, 2.75) is 43.9 Å². The van der Waals surface area contributed by atoms with Gasteiger partial charge in [-0.05, 0) is 18.6 Å². The van der Waals surface area contributed by atoms with Gasteiger partial charge < -0.3 is 4.74 Å². The number of halogens is 3. The Morgan fingerprint density at radius 2 is 1.81 bits per heavy atom. The molecule has 1 N–H and O–H groups in total. The van der Waals surface area contributed by atoms with Gasteiger partial charge in [0, 0.05) is 6.54 Å². The molecule has 1 aromatic rings. The van der Waals surface area contributed by atoms with E-state index in [0.717, 1.165) is 31.4 Å². The van der Waals surface area contributed by atoms with Gasteiger partial charge in [0.25, 0.3) is 0 Å². The van der Waals surface area contributed by atoms with Crippen LogP contribution in [0.15, 0.2) is 29.2 Å². The Morgan fingerprint density at radius 1 is 1.14 bits per heavy atom. The Morgan fingerprint density at radius 3 is 2.43 bits per heavy atom. The number of benzene rings is 1. The lowest BCUT2D eigenvalue weighted by Crippen LogP contribution is -2.26. The van der Waals surface area contributed by atoms with E-state index < -0.39 is 27.0 Å². The molecule has 0 aliphatic heterocycles. The lowest BCUT2D eigenvalue weighted by molar-refractivity contribution is -0.275. The molecule has 21 heavy (non-hydrogen) atoms. The van der Waals surface area contributed by atoms with Crippen molar-refractivity contribution in [2.24, 2.45) is 0 Å². The fraction of sp³-hybridized carbons (Fsp3) is 0.538. The summed E-state index contributed by atoms with van der Waals surface area (Å²) in [4.78, 5) is -0.516. The molecule has 1 aromatic carbocycles. The summed E-state index contributed by atoms with van der Waals surface area (Å²) < 4.78 is 66.8. The highest BCUT2D eigenvalue weighted by molar-refractivity contribution is 7.89. The first-order chi connectivity index (χ1) is 9.76. The maximum absolute atomic E-state index is 12.3. The van der Waals surface area contributed by atoms with Crippen LogP contribution < -0.4 is 9.46 Å². The first-order valence-corrected chi connectivity index (χ1v) is 8.09. The molecule has 0 fully saturated rings. The van der Waals surface area contributed by atoms with Crippen molar-refractivity contribution >= 4 is 10.0 Å². The lowest BCUT2D eigenvalue weighted by Gasteiger charge is -2.13. The van der Waals surface area contributed by atoms with Crippen molar-refractivity contribution in [1.29, 1.82) is 0 Å². The molecule has 0 bridgehead atoms. The molecule has 120 valence electrons. The zero-order valence-corrected chi connectivity index (χ0v) is 12.4. The number of hydrogen-bond acceptors (Lipinski definition) is 3. The standard InChI is InChI=1S/C13H18F3NO3S/c1-2-3-4-7-10-17-21(18,19)12-9-6-5-8-11(12)20-13(14,15)16/h5-6,8-9,17H,2-4,7,10H2,1H3. The summed E-state index contributed by atoms with van der Waals surface area (Å²) in [5.74, 6) is -0.731. The van der Waals surface area contributed by atoms with Crippen LogP contribution in [-0.2, 0) is 10.0 Å². The SMILES string of the molecule is CCCCCCNS(=O)(=O)c1ccccc1OC(F)(F)F. The Labute approximate surface area is 122 Å². The minimum absolute atomic E-state index is 0.183. The number of nitrogens with one attached hydrogen (secondary N) is 1.